The van der Waals surface area contributed by atoms with Crippen LogP contribution in [0.1, 0.15) is 38.2 Å². The van der Waals surface area contributed by atoms with Gasteiger partial charge >= 0.3 is 0 Å². The van der Waals surface area contributed by atoms with E-state index in [9.17, 15) is 5.11 Å². The van der Waals surface area contributed by atoms with Crippen molar-refractivity contribution in [2.45, 2.75) is 44.8 Å². The van der Waals surface area contributed by atoms with Gasteiger partial charge in [-0.1, -0.05) is 44.0 Å². The molecule has 3 rings (SSSR count). The summed E-state index contributed by atoms with van der Waals surface area (Å²) in [5.41, 5.74) is 0.663. The average molecular weight is 284 g/mol. The lowest BCUT2D eigenvalue weighted by Gasteiger charge is -2.35. The van der Waals surface area contributed by atoms with Gasteiger partial charge in [-0.05, 0) is 29.7 Å². The standard InChI is InChI=1S/C18H24N2O/c1-14-5-4-8-18(21,9-14)13-20-12-16-11-19-10-15-6-2-3-7-17(15)16/h2-3,6-7,10-11,14,20-21H,4-5,8-9,12-13H2,1H3. The first-order valence-electron chi connectivity index (χ1n) is 7.91. The van der Waals surface area contributed by atoms with Crippen molar-refractivity contribution >= 4 is 10.8 Å². The van der Waals surface area contributed by atoms with Crippen LogP contribution in [0.5, 0.6) is 0 Å². The van der Waals surface area contributed by atoms with E-state index in [1.165, 1.54) is 22.8 Å². The van der Waals surface area contributed by atoms with Crippen LogP contribution in [0.25, 0.3) is 10.8 Å². The molecule has 3 nitrogen and oxygen atoms in total. The van der Waals surface area contributed by atoms with E-state index in [0.717, 1.165) is 25.8 Å². The van der Waals surface area contributed by atoms with Crippen molar-refractivity contribution < 1.29 is 5.11 Å². The Morgan fingerprint density at radius 1 is 1.33 bits per heavy atom. The zero-order valence-corrected chi connectivity index (χ0v) is 12.7. The minimum atomic E-state index is -0.532. The average Bonchev–Trinajstić information content (AvgIpc) is 2.47. The van der Waals surface area contributed by atoms with E-state index in [0.29, 0.717) is 12.5 Å². The molecule has 0 aliphatic heterocycles. The number of nitrogens with zero attached hydrogens (tertiary/aromatic N) is 1. The van der Waals surface area contributed by atoms with Crippen LogP contribution in [0.4, 0.5) is 0 Å². The van der Waals surface area contributed by atoms with Crippen LogP contribution in [-0.2, 0) is 6.54 Å². The topological polar surface area (TPSA) is 45.1 Å². The van der Waals surface area contributed by atoms with Crippen LogP contribution in [0.15, 0.2) is 36.7 Å². The van der Waals surface area contributed by atoms with Crippen molar-refractivity contribution in [1.82, 2.24) is 10.3 Å². The van der Waals surface area contributed by atoms with E-state index in [1.807, 2.05) is 18.5 Å². The van der Waals surface area contributed by atoms with Crippen molar-refractivity contribution in [3.8, 4) is 0 Å². The summed E-state index contributed by atoms with van der Waals surface area (Å²) in [6.07, 6.45) is 8.02. The minimum absolute atomic E-state index is 0.532. The Kier molecular flexibility index (Phi) is 4.22. The molecular weight excluding hydrogens is 260 g/mol. The van der Waals surface area contributed by atoms with E-state index in [-0.39, 0.29) is 0 Å². The number of pyridine rings is 1. The third kappa shape index (κ3) is 3.42. The maximum Gasteiger partial charge on any atom is 0.0774 e. The summed E-state index contributed by atoms with van der Waals surface area (Å²) in [6.45, 7) is 3.66. The predicted molar refractivity (Wildman–Crippen MR) is 86.0 cm³/mol. The lowest BCUT2D eigenvalue weighted by molar-refractivity contribution is -0.0119. The molecule has 1 saturated carbocycles. The minimum Gasteiger partial charge on any atom is -0.389 e. The molecule has 0 bridgehead atoms. The molecule has 1 aliphatic carbocycles. The van der Waals surface area contributed by atoms with E-state index in [4.69, 9.17) is 0 Å². The van der Waals surface area contributed by atoms with Crippen molar-refractivity contribution in [3.63, 3.8) is 0 Å². The summed E-state index contributed by atoms with van der Waals surface area (Å²) in [4.78, 5) is 4.31. The molecule has 0 spiro atoms. The number of hydrogen-bond acceptors (Lipinski definition) is 3. The first kappa shape index (κ1) is 14.5. The van der Waals surface area contributed by atoms with Gasteiger partial charge in [0.25, 0.3) is 0 Å². The van der Waals surface area contributed by atoms with E-state index < -0.39 is 5.60 Å². The van der Waals surface area contributed by atoms with Crippen molar-refractivity contribution in [2.24, 2.45) is 5.92 Å². The Morgan fingerprint density at radius 3 is 3.05 bits per heavy atom. The lowest BCUT2D eigenvalue weighted by atomic mass is 9.79. The van der Waals surface area contributed by atoms with E-state index >= 15 is 0 Å². The summed E-state index contributed by atoms with van der Waals surface area (Å²) in [5, 5.41) is 16.5. The summed E-state index contributed by atoms with van der Waals surface area (Å²) < 4.78 is 0. The molecule has 1 aliphatic rings. The van der Waals surface area contributed by atoms with Gasteiger partial charge in [-0.3, -0.25) is 4.98 Å². The second-order valence-electron chi connectivity index (χ2n) is 6.55. The maximum atomic E-state index is 10.7. The molecule has 1 heterocycles. The Morgan fingerprint density at radius 2 is 2.19 bits per heavy atom. The van der Waals surface area contributed by atoms with Gasteiger partial charge in [0.2, 0.25) is 0 Å². The van der Waals surface area contributed by atoms with Crippen molar-refractivity contribution in [2.75, 3.05) is 6.54 Å². The van der Waals surface area contributed by atoms with Gasteiger partial charge in [0.1, 0.15) is 0 Å². The molecule has 3 heteroatoms. The molecular formula is C18H24N2O. The number of nitrogens with one attached hydrogen (secondary N) is 1. The zero-order valence-electron chi connectivity index (χ0n) is 12.7. The highest BCUT2D eigenvalue weighted by atomic mass is 16.3. The summed E-state index contributed by atoms with van der Waals surface area (Å²) in [7, 11) is 0. The molecule has 0 radical (unpaired) electrons. The molecule has 1 fully saturated rings. The van der Waals surface area contributed by atoms with Gasteiger partial charge in [0, 0.05) is 30.9 Å². The lowest BCUT2D eigenvalue weighted by Crippen LogP contribution is -2.43. The van der Waals surface area contributed by atoms with Crippen molar-refractivity contribution in [3.05, 3.63) is 42.2 Å². The molecule has 1 aromatic heterocycles. The molecule has 112 valence electrons. The normalized spacial score (nSPS) is 26.1. The van der Waals surface area contributed by atoms with Crippen LogP contribution < -0.4 is 5.32 Å². The van der Waals surface area contributed by atoms with Gasteiger partial charge < -0.3 is 10.4 Å². The SMILES string of the molecule is CC1CCCC(O)(CNCc2cncc3ccccc23)C1. The van der Waals surface area contributed by atoms with Crippen LogP contribution >= 0.6 is 0 Å². The Hall–Kier alpha value is -1.45. The molecule has 2 aromatic rings. The van der Waals surface area contributed by atoms with E-state index in [1.54, 1.807) is 0 Å². The highest BCUT2D eigenvalue weighted by molar-refractivity contribution is 5.84. The number of aromatic nitrogens is 1. The quantitative estimate of drug-likeness (QED) is 0.905. The van der Waals surface area contributed by atoms with Gasteiger partial charge in [-0.2, -0.15) is 0 Å². The van der Waals surface area contributed by atoms with Crippen LogP contribution in [0.2, 0.25) is 0 Å². The van der Waals surface area contributed by atoms with Crippen LogP contribution in [-0.4, -0.2) is 22.2 Å². The monoisotopic (exact) mass is 284 g/mol. The predicted octanol–water partition coefficient (Wildman–Crippen LogP) is 3.27. The first-order valence-corrected chi connectivity index (χ1v) is 7.91. The van der Waals surface area contributed by atoms with Gasteiger partial charge in [-0.15, -0.1) is 0 Å². The fourth-order valence-corrected chi connectivity index (χ4v) is 3.54. The fraction of sp³-hybridized carbons (Fsp3) is 0.500. The number of fused-ring (bicyclic) bond motifs is 1. The van der Waals surface area contributed by atoms with Crippen LogP contribution in [0, 0.1) is 5.92 Å². The van der Waals surface area contributed by atoms with Crippen molar-refractivity contribution in [1.29, 1.82) is 0 Å². The maximum absolute atomic E-state index is 10.7. The third-order valence-corrected chi connectivity index (χ3v) is 4.59. The Labute approximate surface area is 126 Å². The molecule has 0 saturated heterocycles. The third-order valence-electron chi connectivity index (χ3n) is 4.59. The molecule has 2 N–H and O–H groups in total. The van der Waals surface area contributed by atoms with Crippen LogP contribution in [0.3, 0.4) is 0 Å². The zero-order chi connectivity index (χ0) is 14.7. The molecule has 2 atom stereocenters. The van der Waals surface area contributed by atoms with Gasteiger partial charge in [0.15, 0.2) is 0 Å². The molecule has 2 unspecified atom stereocenters. The highest BCUT2D eigenvalue weighted by Gasteiger charge is 2.31. The fourth-order valence-electron chi connectivity index (χ4n) is 3.54. The van der Waals surface area contributed by atoms with Gasteiger partial charge in [0.05, 0.1) is 5.60 Å². The highest BCUT2D eigenvalue weighted by Crippen LogP contribution is 2.31. The second-order valence-corrected chi connectivity index (χ2v) is 6.55. The smallest absolute Gasteiger partial charge is 0.0774 e. The number of rotatable bonds is 4. The number of benzene rings is 1. The second kappa shape index (κ2) is 6.12. The summed E-state index contributed by atoms with van der Waals surface area (Å²) >= 11 is 0. The molecule has 1 aromatic carbocycles. The Balaban J connectivity index is 1.64. The first-order chi connectivity index (χ1) is 10.2. The summed E-state index contributed by atoms with van der Waals surface area (Å²) in [6, 6.07) is 8.31. The summed E-state index contributed by atoms with van der Waals surface area (Å²) in [5.74, 6) is 0.629. The molecule has 0 amide bonds. The van der Waals surface area contributed by atoms with E-state index in [2.05, 4.69) is 35.4 Å². The number of hydrogen-bond donors (Lipinski definition) is 2. The molecule has 21 heavy (non-hydrogen) atoms. The largest absolute Gasteiger partial charge is 0.389 e. The van der Waals surface area contributed by atoms with Gasteiger partial charge in [-0.25, -0.2) is 0 Å². The Bertz CT molecular complexity index is 608. The number of aliphatic hydroxyl groups is 1.